The number of nitrogens with zero attached hydrogens (tertiary/aromatic N) is 1. The summed E-state index contributed by atoms with van der Waals surface area (Å²) in [5, 5.41) is 13.8. The van der Waals surface area contributed by atoms with E-state index in [-0.39, 0.29) is 29.4 Å². The van der Waals surface area contributed by atoms with Crippen molar-refractivity contribution in [2.75, 3.05) is 20.8 Å². The number of ketones is 1. The van der Waals surface area contributed by atoms with Crippen LogP contribution < -0.4 is 14.8 Å². The Morgan fingerprint density at radius 1 is 1.11 bits per heavy atom. The maximum atomic E-state index is 12.4. The minimum atomic E-state index is -0.668. The fraction of sp³-hybridized carbons (Fsp3) is 0.200. The Morgan fingerprint density at radius 2 is 1.71 bits per heavy atom. The van der Waals surface area contributed by atoms with Gasteiger partial charge >= 0.3 is 0 Å². The fourth-order valence-corrected chi connectivity index (χ4v) is 2.36. The average Bonchev–Trinajstić information content (AvgIpc) is 2.70. The molecule has 0 aliphatic heterocycles. The molecule has 0 heterocycles. The molecule has 0 bridgehead atoms. The third-order valence-electron chi connectivity index (χ3n) is 3.80. The number of nitro benzene ring substituents is 1. The zero-order chi connectivity index (χ0) is 20.7. The van der Waals surface area contributed by atoms with Crippen LogP contribution in [0.5, 0.6) is 11.5 Å². The number of carbonyl (C=O) groups excluding carboxylic acids is 2. The van der Waals surface area contributed by atoms with Gasteiger partial charge in [0.1, 0.15) is 5.56 Å². The molecule has 2 rings (SSSR count). The second-order valence-corrected chi connectivity index (χ2v) is 5.60. The SMILES string of the molecule is COc1cc(C(=O)NCC#Cc2ccc(C(C)=O)cc2)c([N+](=O)[O-])cc1OC. The molecule has 0 aliphatic rings. The van der Waals surface area contributed by atoms with E-state index >= 15 is 0 Å². The van der Waals surface area contributed by atoms with Crippen LogP contribution in [-0.2, 0) is 0 Å². The molecular formula is C20H18N2O6. The molecule has 0 aromatic heterocycles. The van der Waals surface area contributed by atoms with Crippen LogP contribution in [0, 0.1) is 22.0 Å². The first-order valence-corrected chi connectivity index (χ1v) is 8.15. The van der Waals surface area contributed by atoms with Crippen molar-refractivity contribution in [3.8, 4) is 23.3 Å². The molecule has 1 N–H and O–H groups in total. The van der Waals surface area contributed by atoms with Gasteiger partial charge in [0.05, 0.1) is 31.8 Å². The van der Waals surface area contributed by atoms with Crippen molar-refractivity contribution in [1.82, 2.24) is 5.32 Å². The lowest BCUT2D eigenvalue weighted by Gasteiger charge is -2.10. The second-order valence-electron chi connectivity index (χ2n) is 5.60. The average molecular weight is 382 g/mol. The Balaban J connectivity index is 2.13. The van der Waals surface area contributed by atoms with Crippen LogP contribution in [0.3, 0.4) is 0 Å². The highest BCUT2D eigenvalue weighted by Gasteiger charge is 2.24. The predicted octanol–water partition coefficient (Wildman–Crippen LogP) is 2.60. The van der Waals surface area contributed by atoms with Gasteiger partial charge in [-0.1, -0.05) is 24.0 Å². The topological polar surface area (TPSA) is 108 Å². The third kappa shape index (κ3) is 4.86. The van der Waals surface area contributed by atoms with Crippen molar-refractivity contribution in [3.63, 3.8) is 0 Å². The lowest BCUT2D eigenvalue weighted by molar-refractivity contribution is -0.385. The van der Waals surface area contributed by atoms with Gasteiger partial charge in [-0.05, 0) is 19.1 Å². The lowest BCUT2D eigenvalue weighted by atomic mass is 10.1. The summed E-state index contributed by atoms with van der Waals surface area (Å²) >= 11 is 0. The summed E-state index contributed by atoms with van der Waals surface area (Å²) in [5.74, 6) is 5.26. The van der Waals surface area contributed by atoms with Crippen LogP contribution in [0.15, 0.2) is 36.4 Å². The van der Waals surface area contributed by atoms with Gasteiger partial charge in [0, 0.05) is 17.2 Å². The van der Waals surface area contributed by atoms with Gasteiger partial charge in [-0.15, -0.1) is 0 Å². The van der Waals surface area contributed by atoms with E-state index in [4.69, 9.17) is 9.47 Å². The number of nitrogens with one attached hydrogen (secondary N) is 1. The molecule has 0 aliphatic carbocycles. The quantitative estimate of drug-likeness (QED) is 0.356. The van der Waals surface area contributed by atoms with Gasteiger partial charge in [0.15, 0.2) is 17.3 Å². The lowest BCUT2D eigenvalue weighted by Crippen LogP contribution is -2.24. The summed E-state index contributed by atoms with van der Waals surface area (Å²) < 4.78 is 10.1. The monoisotopic (exact) mass is 382 g/mol. The molecule has 0 spiro atoms. The van der Waals surface area contributed by atoms with E-state index in [1.807, 2.05) is 0 Å². The van der Waals surface area contributed by atoms with E-state index in [0.29, 0.717) is 11.1 Å². The summed E-state index contributed by atoms with van der Waals surface area (Å²) in [6.07, 6.45) is 0. The van der Waals surface area contributed by atoms with Gasteiger partial charge < -0.3 is 14.8 Å². The molecule has 8 nitrogen and oxygen atoms in total. The molecule has 28 heavy (non-hydrogen) atoms. The van der Waals surface area contributed by atoms with E-state index in [9.17, 15) is 19.7 Å². The first kappa shape index (κ1) is 20.5. The molecular weight excluding hydrogens is 364 g/mol. The number of methoxy groups -OCH3 is 2. The van der Waals surface area contributed by atoms with Gasteiger partial charge in [0.2, 0.25) is 0 Å². The van der Waals surface area contributed by atoms with Crippen molar-refractivity contribution in [2.45, 2.75) is 6.92 Å². The summed E-state index contributed by atoms with van der Waals surface area (Å²) in [6, 6.07) is 9.11. The number of Topliss-reactive ketones (excluding diaryl/α,β-unsaturated/α-hetero) is 1. The smallest absolute Gasteiger partial charge is 0.286 e. The first-order chi connectivity index (χ1) is 13.4. The number of rotatable bonds is 6. The standard InChI is InChI=1S/C20H18N2O6/c1-13(23)15-8-6-14(7-9-15)5-4-10-21-20(24)16-11-18(27-2)19(28-3)12-17(16)22(25)26/h6-9,11-12H,10H2,1-3H3,(H,21,24). The van der Waals surface area contributed by atoms with Crippen LogP contribution in [0.4, 0.5) is 5.69 Å². The van der Waals surface area contributed by atoms with Crippen molar-refractivity contribution in [2.24, 2.45) is 0 Å². The number of hydrogen-bond acceptors (Lipinski definition) is 6. The molecule has 2 aromatic carbocycles. The molecule has 144 valence electrons. The molecule has 0 radical (unpaired) electrons. The Hall–Kier alpha value is -3.86. The number of benzene rings is 2. The van der Waals surface area contributed by atoms with E-state index in [2.05, 4.69) is 17.2 Å². The van der Waals surface area contributed by atoms with Gasteiger partial charge in [-0.2, -0.15) is 0 Å². The number of nitro groups is 1. The van der Waals surface area contributed by atoms with Gasteiger partial charge in [-0.25, -0.2) is 0 Å². The minimum Gasteiger partial charge on any atom is -0.493 e. The van der Waals surface area contributed by atoms with Crippen molar-refractivity contribution in [1.29, 1.82) is 0 Å². The summed E-state index contributed by atoms with van der Waals surface area (Å²) in [7, 11) is 2.72. The maximum absolute atomic E-state index is 12.4. The summed E-state index contributed by atoms with van der Waals surface area (Å²) in [6.45, 7) is 1.46. The number of amides is 1. The Bertz CT molecular complexity index is 971. The molecule has 0 unspecified atom stereocenters. The van der Waals surface area contributed by atoms with E-state index in [0.717, 1.165) is 6.07 Å². The van der Waals surface area contributed by atoms with E-state index in [1.165, 1.54) is 27.2 Å². The largest absolute Gasteiger partial charge is 0.493 e. The second kappa shape index (κ2) is 9.19. The molecule has 0 saturated carbocycles. The van der Waals surface area contributed by atoms with E-state index < -0.39 is 16.5 Å². The fourth-order valence-electron chi connectivity index (χ4n) is 2.36. The Morgan fingerprint density at radius 3 is 2.25 bits per heavy atom. The summed E-state index contributed by atoms with van der Waals surface area (Å²) in [5.41, 5.74) is 0.703. The molecule has 1 amide bonds. The number of ether oxygens (including phenoxy) is 2. The van der Waals surface area contributed by atoms with Crippen LogP contribution in [0.1, 0.15) is 33.2 Å². The molecule has 2 aromatic rings. The predicted molar refractivity (Wildman–Crippen MR) is 102 cm³/mol. The zero-order valence-corrected chi connectivity index (χ0v) is 15.6. The highest BCUT2D eigenvalue weighted by atomic mass is 16.6. The van der Waals surface area contributed by atoms with Crippen molar-refractivity contribution in [3.05, 3.63) is 63.2 Å². The van der Waals surface area contributed by atoms with Crippen LogP contribution in [-0.4, -0.2) is 37.4 Å². The Kier molecular flexibility index (Phi) is 6.71. The molecule has 0 atom stereocenters. The normalized spacial score (nSPS) is 9.68. The van der Waals surface area contributed by atoms with Gasteiger partial charge in [0.25, 0.3) is 11.6 Å². The first-order valence-electron chi connectivity index (χ1n) is 8.15. The van der Waals surface area contributed by atoms with Crippen LogP contribution in [0.25, 0.3) is 0 Å². The zero-order valence-electron chi connectivity index (χ0n) is 15.6. The third-order valence-corrected chi connectivity index (χ3v) is 3.80. The molecule has 8 heteroatoms. The number of hydrogen-bond donors (Lipinski definition) is 1. The van der Waals surface area contributed by atoms with Crippen LogP contribution >= 0.6 is 0 Å². The number of carbonyl (C=O) groups is 2. The van der Waals surface area contributed by atoms with Crippen LogP contribution in [0.2, 0.25) is 0 Å². The van der Waals surface area contributed by atoms with E-state index in [1.54, 1.807) is 24.3 Å². The highest BCUT2D eigenvalue weighted by molar-refractivity contribution is 5.99. The van der Waals surface area contributed by atoms with Crippen molar-refractivity contribution < 1.29 is 24.0 Å². The molecule has 0 saturated heterocycles. The molecule has 0 fully saturated rings. The highest BCUT2D eigenvalue weighted by Crippen LogP contribution is 2.34. The summed E-state index contributed by atoms with van der Waals surface area (Å²) in [4.78, 5) is 34.2. The van der Waals surface area contributed by atoms with Gasteiger partial charge in [-0.3, -0.25) is 19.7 Å². The van der Waals surface area contributed by atoms with Crippen molar-refractivity contribution >= 4 is 17.4 Å². The maximum Gasteiger partial charge on any atom is 0.286 e. The Labute approximate surface area is 161 Å². The minimum absolute atomic E-state index is 0.0151.